The topological polar surface area (TPSA) is 71.8 Å². The van der Waals surface area contributed by atoms with Crippen molar-refractivity contribution in [3.8, 4) is 6.07 Å². The highest BCUT2D eigenvalue weighted by atomic mass is 16.3. The zero-order chi connectivity index (χ0) is 12.5. The number of benzene rings is 1. The molecule has 3 N–H and O–H groups in total. The van der Waals surface area contributed by atoms with Gasteiger partial charge in [-0.2, -0.15) is 5.26 Å². The minimum absolute atomic E-state index is 0.139. The first-order valence-corrected chi connectivity index (χ1v) is 6.22. The van der Waals surface area contributed by atoms with Crippen molar-refractivity contribution in [3.05, 3.63) is 35.5 Å². The van der Waals surface area contributed by atoms with Gasteiger partial charge >= 0.3 is 0 Å². The molecule has 2 unspecified atom stereocenters. The van der Waals surface area contributed by atoms with Gasteiger partial charge in [0.25, 0.3) is 0 Å². The molecule has 4 heteroatoms. The Morgan fingerprint density at radius 2 is 2.33 bits per heavy atom. The number of hydrogen-bond acceptors (Lipinski definition) is 3. The predicted molar refractivity (Wildman–Crippen MR) is 69.0 cm³/mol. The Labute approximate surface area is 105 Å². The molecule has 1 aromatic carbocycles. The SMILES string of the molecule is N#Cc1ccc2c(C(O)C3CCCN3)c[nH]c2c1. The van der Waals surface area contributed by atoms with Crippen LogP contribution in [0.3, 0.4) is 0 Å². The monoisotopic (exact) mass is 241 g/mol. The van der Waals surface area contributed by atoms with E-state index in [9.17, 15) is 5.11 Å². The van der Waals surface area contributed by atoms with E-state index in [1.807, 2.05) is 18.3 Å². The highest BCUT2D eigenvalue weighted by Gasteiger charge is 2.25. The highest BCUT2D eigenvalue weighted by molar-refractivity contribution is 5.84. The Morgan fingerprint density at radius 3 is 3.06 bits per heavy atom. The lowest BCUT2D eigenvalue weighted by Crippen LogP contribution is -2.28. The van der Waals surface area contributed by atoms with Gasteiger partial charge < -0.3 is 15.4 Å². The van der Waals surface area contributed by atoms with Crippen LogP contribution >= 0.6 is 0 Å². The van der Waals surface area contributed by atoms with Gasteiger partial charge in [0.05, 0.1) is 17.7 Å². The number of nitrogens with zero attached hydrogens (tertiary/aromatic N) is 1. The van der Waals surface area contributed by atoms with Gasteiger partial charge in [0.15, 0.2) is 0 Å². The van der Waals surface area contributed by atoms with Crippen LogP contribution in [-0.4, -0.2) is 22.7 Å². The maximum absolute atomic E-state index is 10.4. The van der Waals surface area contributed by atoms with E-state index in [0.717, 1.165) is 35.9 Å². The molecule has 2 heterocycles. The van der Waals surface area contributed by atoms with E-state index >= 15 is 0 Å². The van der Waals surface area contributed by atoms with E-state index in [1.165, 1.54) is 0 Å². The van der Waals surface area contributed by atoms with Crippen LogP contribution in [0.15, 0.2) is 24.4 Å². The Morgan fingerprint density at radius 1 is 1.44 bits per heavy atom. The zero-order valence-electron chi connectivity index (χ0n) is 9.98. The lowest BCUT2D eigenvalue weighted by Gasteiger charge is -2.17. The van der Waals surface area contributed by atoms with E-state index in [4.69, 9.17) is 5.26 Å². The fraction of sp³-hybridized carbons (Fsp3) is 0.357. The van der Waals surface area contributed by atoms with Crippen molar-refractivity contribution in [2.75, 3.05) is 6.54 Å². The van der Waals surface area contributed by atoms with E-state index < -0.39 is 6.10 Å². The Kier molecular flexibility index (Phi) is 2.78. The number of aromatic amines is 1. The number of fused-ring (bicyclic) bond motifs is 1. The molecule has 2 aromatic rings. The summed E-state index contributed by atoms with van der Waals surface area (Å²) in [5.41, 5.74) is 2.44. The number of aliphatic hydroxyl groups is 1. The minimum Gasteiger partial charge on any atom is -0.387 e. The molecule has 1 fully saturated rings. The minimum atomic E-state index is -0.491. The third-order valence-electron chi connectivity index (χ3n) is 3.64. The molecule has 0 aliphatic carbocycles. The van der Waals surface area contributed by atoms with Crippen LogP contribution in [0.25, 0.3) is 10.9 Å². The van der Waals surface area contributed by atoms with E-state index in [1.54, 1.807) is 6.07 Å². The Bertz CT molecular complexity index is 605. The maximum Gasteiger partial charge on any atom is 0.0992 e. The summed E-state index contributed by atoms with van der Waals surface area (Å²) in [6, 6.07) is 7.76. The first-order chi connectivity index (χ1) is 8.79. The summed E-state index contributed by atoms with van der Waals surface area (Å²) >= 11 is 0. The lowest BCUT2D eigenvalue weighted by atomic mass is 10.00. The Balaban J connectivity index is 1.99. The van der Waals surface area contributed by atoms with Crippen LogP contribution in [0.2, 0.25) is 0 Å². The molecule has 3 rings (SSSR count). The molecular formula is C14H15N3O. The molecule has 0 spiro atoms. The number of nitrogens with one attached hydrogen (secondary N) is 2. The maximum atomic E-state index is 10.4. The summed E-state index contributed by atoms with van der Waals surface area (Å²) in [5, 5.41) is 23.6. The van der Waals surface area contributed by atoms with Gasteiger partial charge in [-0.25, -0.2) is 0 Å². The summed E-state index contributed by atoms with van der Waals surface area (Å²) in [6.07, 6.45) is 3.47. The van der Waals surface area contributed by atoms with Gasteiger partial charge in [-0.3, -0.25) is 0 Å². The molecule has 4 nitrogen and oxygen atoms in total. The van der Waals surface area contributed by atoms with Crippen LogP contribution in [0.1, 0.15) is 30.1 Å². The summed E-state index contributed by atoms with van der Waals surface area (Å²) in [7, 11) is 0. The third-order valence-corrected chi connectivity index (χ3v) is 3.64. The molecule has 92 valence electrons. The van der Waals surface area contributed by atoms with Crippen LogP contribution < -0.4 is 5.32 Å². The van der Waals surface area contributed by atoms with Crippen LogP contribution in [0.4, 0.5) is 0 Å². The van der Waals surface area contributed by atoms with E-state index in [2.05, 4.69) is 16.4 Å². The summed E-state index contributed by atoms with van der Waals surface area (Å²) < 4.78 is 0. The van der Waals surface area contributed by atoms with Gasteiger partial charge in [0.2, 0.25) is 0 Å². The van der Waals surface area contributed by atoms with Crippen molar-refractivity contribution >= 4 is 10.9 Å². The van der Waals surface area contributed by atoms with Crippen molar-refractivity contribution in [2.24, 2.45) is 0 Å². The number of aromatic nitrogens is 1. The van der Waals surface area contributed by atoms with Gasteiger partial charge in [0.1, 0.15) is 0 Å². The van der Waals surface area contributed by atoms with E-state index in [-0.39, 0.29) is 6.04 Å². The van der Waals surface area contributed by atoms with E-state index in [0.29, 0.717) is 5.56 Å². The van der Waals surface area contributed by atoms with Gasteiger partial charge in [-0.1, -0.05) is 6.07 Å². The first kappa shape index (κ1) is 11.3. The number of H-pyrrole nitrogens is 1. The normalized spacial score (nSPS) is 21.0. The number of nitriles is 1. The molecule has 0 bridgehead atoms. The second-order valence-electron chi connectivity index (χ2n) is 4.76. The molecule has 1 saturated heterocycles. The fourth-order valence-electron chi connectivity index (χ4n) is 2.66. The largest absolute Gasteiger partial charge is 0.387 e. The third kappa shape index (κ3) is 1.78. The molecule has 1 aliphatic rings. The number of aliphatic hydroxyl groups excluding tert-OH is 1. The average molecular weight is 241 g/mol. The quantitative estimate of drug-likeness (QED) is 0.751. The van der Waals surface area contributed by atoms with Crippen LogP contribution in [0, 0.1) is 11.3 Å². The van der Waals surface area contributed by atoms with Crippen molar-refractivity contribution < 1.29 is 5.11 Å². The molecule has 2 atom stereocenters. The molecule has 1 aliphatic heterocycles. The van der Waals surface area contributed by atoms with Crippen molar-refractivity contribution in [3.63, 3.8) is 0 Å². The molecule has 0 radical (unpaired) electrons. The molecule has 1 aromatic heterocycles. The second-order valence-corrected chi connectivity index (χ2v) is 4.76. The predicted octanol–water partition coefficient (Wildman–Crippen LogP) is 1.82. The van der Waals surface area contributed by atoms with Gasteiger partial charge in [-0.15, -0.1) is 0 Å². The smallest absolute Gasteiger partial charge is 0.0992 e. The molecule has 18 heavy (non-hydrogen) atoms. The average Bonchev–Trinajstić information content (AvgIpc) is 3.06. The van der Waals surface area contributed by atoms with Crippen molar-refractivity contribution in [2.45, 2.75) is 25.0 Å². The highest BCUT2D eigenvalue weighted by Crippen LogP contribution is 2.29. The van der Waals surface area contributed by atoms with Crippen LogP contribution in [-0.2, 0) is 0 Å². The zero-order valence-corrected chi connectivity index (χ0v) is 9.98. The standard InChI is InChI=1S/C14H15N3O/c15-7-9-3-4-10-11(8-17-13(10)6-9)14(18)12-2-1-5-16-12/h3-4,6,8,12,14,16-18H,1-2,5H2. The number of rotatable bonds is 2. The Hall–Kier alpha value is -1.83. The summed E-state index contributed by atoms with van der Waals surface area (Å²) in [5.74, 6) is 0. The van der Waals surface area contributed by atoms with Crippen molar-refractivity contribution in [1.29, 1.82) is 5.26 Å². The second kappa shape index (κ2) is 4.45. The molecule has 0 amide bonds. The molecular weight excluding hydrogens is 226 g/mol. The fourth-order valence-corrected chi connectivity index (χ4v) is 2.66. The van der Waals surface area contributed by atoms with Gasteiger partial charge in [-0.05, 0) is 31.5 Å². The van der Waals surface area contributed by atoms with Crippen molar-refractivity contribution in [1.82, 2.24) is 10.3 Å². The van der Waals surface area contributed by atoms with Gasteiger partial charge in [0, 0.05) is 28.7 Å². The first-order valence-electron chi connectivity index (χ1n) is 6.22. The lowest BCUT2D eigenvalue weighted by molar-refractivity contribution is 0.139. The summed E-state index contributed by atoms with van der Waals surface area (Å²) in [4.78, 5) is 3.13. The number of hydrogen-bond donors (Lipinski definition) is 3. The van der Waals surface area contributed by atoms with Crippen LogP contribution in [0.5, 0.6) is 0 Å². The summed E-state index contributed by atoms with van der Waals surface area (Å²) in [6.45, 7) is 0.975. The molecule has 0 saturated carbocycles.